The monoisotopic (exact) mass is 293 g/mol. The predicted octanol–water partition coefficient (Wildman–Crippen LogP) is 2.41. The molecule has 0 unspecified atom stereocenters. The molecule has 0 fully saturated rings. The van der Waals surface area contributed by atoms with Crippen LogP contribution in [0.15, 0.2) is 30.3 Å². The molecule has 0 atom stereocenters. The minimum absolute atomic E-state index is 0.582. The van der Waals surface area contributed by atoms with E-state index in [1.54, 1.807) is 0 Å². The van der Waals surface area contributed by atoms with Gasteiger partial charge in [-0.2, -0.15) is 5.10 Å². The Morgan fingerprint density at radius 3 is 2.91 bits per heavy atom. The quantitative estimate of drug-likeness (QED) is 0.761. The molecule has 1 aromatic carbocycles. The summed E-state index contributed by atoms with van der Waals surface area (Å²) in [5.74, 6) is 0.582. The van der Waals surface area contributed by atoms with Gasteiger partial charge in [0.05, 0.1) is 16.6 Å². The van der Waals surface area contributed by atoms with E-state index in [-0.39, 0.29) is 0 Å². The molecule has 1 aliphatic rings. The Morgan fingerprint density at radius 1 is 1.27 bits per heavy atom. The number of anilines is 1. The van der Waals surface area contributed by atoms with Gasteiger partial charge >= 0.3 is 0 Å². The third-order valence-electron chi connectivity index (χ3n) is 4.40. The summed E-state index contributed by atoms with van der Waals surface area (Å²) >= 11 is 0. The summed E-state index contributed by atoms with van der Waals surface area (Å²) in [6.45, 7) is 4.86. The van der Waals surface area contributed by atoms with Gasteiger partial charge in [0.2, 0.25) is 0 Å². The van der Waals surface area contributed by atoms with Crippen molar-refractivity contribution in [2.24, 2.45) is 0 Å². The fourth-order valence-electron chi connectivity index (χ4n) is 3.31. The summed E-state index contributed by atoms with van der Waals surface area (Å²) in [4.78, 5) is 7.19. The second-order valence-corrected chi connectivity index (χ2v) is 5.93. The minimum atomic E-state index is 0.582. The van der Waals surface area contributed by atoms with E-state index in [9.17, 15) is 0 Å². The van der Waals surface area contributed by atoms with Crippen molar-refractivity contribution < 1.29 is 0 Å². The number of nitrogens with two attached hydrogens (primary N) is 1. The lowest BCUT2D eigenvalue weighted by Gasteiger charge is -2.29. The number of H-pyrrole nitrogens is 1. The maximum absolute atomic E-state index is 6.08. The number of benzene rings is 1. The first-order valence-corrected chi connectivity index (χ1v) is 7.60. The number of rotatable bonds is 2. The zero-order valence-corrected chi connectivity index (χ0v) is 12.6. The Hall–Kier alpha value is -2.40. The van der Waals surface area contributed by atoms with Crippen LogP contribution < -0.4 is 5.73 Å². The molecular weight excluding hydrogens is 274 g/mol. The van der Waals surface area contributed by atoms with Crippen LogP contribution in [-0.4, -0.2) is 26.6 Å². The van der Waals surface area contributed by atoms with Gasteiger partial charge in [0.25, 0.3) is 0 Å². The Balaban J connectivity index is 1.70. The zero-order chi connectivity index (χ0) is 15.1. The highest BCUT2D eigenvalue weighted by Crippen LogP contribution is 2.30. The molecule has 0 radical (unpaired) electrons. The average Bonchev–Trinajstić information content (AvgIpc) is 2.92. The van der Waals surface area contributed by atoms with Gasteiger partial charge in [-0.3, -0.25) is 15.0 Å². The van der Waals surface area contributed by atoms with Gasteiger partial charge in [0, 0.05) is 37.3 Å². The average molecular weight is 293 g/mol. The van der Waals surface area contributed by atoms with Crippen molar-refractivity contribution in [3.05, 3.63) is 52.8 Å². The Kier molecular flexibility index (Phi) is 3.08. The molecule has 4 rings (SSSR count). The van der Waals surface area contributed by atoms with Gasteiger partial charge in [0.15, 0.2) is 5.82 Å². The number of nitrogens with zero attached hydrogens (tertiary/aromatic N) is 3. The number of nitrogen functional groups attached to an aromatic ring is 1. The van der Waals surface area contributed by atoms with Crippen molar-refractivity contribution in [3.63, 3.8) is 0 Å². The molecule has 112 valence electrons. The van der Waals surface area contributed by atoms with E-state index < -0.39 is 0 Å². The SMILES string of the molecule is Cc1nc2c(c3c(N)n[nH]c13)CN(Cc1ccccc1)CC2. The van der Waals surface area contributed by atoms with Gasteiger partial charge in [-0.1, -0.05) is 30.3 Å². The highest BCUT2D eigenvalue weighted by molar-refractivity contribution is 5.93. The van der Waals surface area contributed by atoms with E-state index in [0.29, 0.717) is 5.82 Å². The molecule has 5 heteroatoms. The lowest BCUT2D eigenvalue weighted by atomic mass is 10.00. The minimum Gasteiger partial charge on any atom is -0.382 e. The van der Waals surface area contributed by atoms with Gasteiger partial charge in [-0.25, -0.2) is 0 Å². The van der Waals surface area contributed by atoms with Crippen LogP contribution in [0.25, 0.3) is 10.9 Å². The van der Waals surface area contributed by atoms with Gasteiger partial charge < -0.3 is 5.73 Å². The van der Waals surface area contributed by atoms with Gasteiger partial charge in [0.1, 0.15) is 0 Å². The van der Waals surface area contributed by atoms with E-state index in [1.165, 1.54) is 16.8 Å². The number of fused-ring (bicyclic) bond motifs is 3. The van der Waals surface area contributed by atoms with E-state index in [2.05, 4.69) is 45.4 Å². The normalized spacial score (nSPS) is 15.1. The van der Waals surface area contributed by atoms with E-state index in [0.717, 1.165) is 42.7 Å². The Morgan fingerprint density at radius 2 is 2.09 bits per heavy atom. The molecule has 0 amide bonds. The van der Waals surface area contributed by atoms with Crippen molar-refractivity contribution in [3.8, 4) is 0 Å². The topological polar surface area (TPSA) is 70.8 Å². The third-order valence-corrected chi connectivity index (χ3v) is 4.40. The van der Waals surface area contributed by atoms with Crippen LogP contribution >= 0.6 is 0 Å². The van der Waals surface area contributed by atoms with E-state index >= 15 is 0 Å². The summed E-state index contributed by atoms with van der Waals surface area (Å²) in [6.07, 6.45) is 0.962. The highest BCUT2D eigenvalue weighted by Gasteiger charge is 2.23. The highest BCUT2D eigenvalue weighted by atomic mass is 15.2. The molecule has 0 saturated heterocycles. The van der Waals surface area contributed by atoms with Crippen molar-refractivity contribution in [1.29, 1.82) is 0 Å². The van der Waals surface area contributed by atoms with E-state index in [4.69, 9.17) is 10.7 Å². The molecule has 0 aliphatic carbocycles. The van der Waals surface area contributed by atoms with Crippen LogP contribution in [0.5, 0.6) is 0 Å². The summed E-state index contributed by atoms with van der Waals surface area (Å²) in [6, 6.07) is 10.6. The number of nitrogens with one attached hydrogen (secondary N) is 1. The number of aromatic nitrogens is 3. The van der Waals surface area contributed by atoms with Crippen molar-refractivity contribution in [2.75, 3.05) is 12.3 Å². The standard InChI is InChI=1S/C17H19N5/c1-11-16-15(17(18)21-20-16)13-10-22(8-7-14(13)19-11)9-12-5-3-2-4-6-12/h2-6H,7-10H2,1H3,(H3,18,20,21). The fraction of sp³-hybridized carbons (Fsp3) is 0.294. The lowest BCUT2D eigenvalue weighted by molar-refractivity contribution is 0.244. The first kappa shape index (κ1) is 13.3. The molecule has 0 spiro atoms. The van der Waals surface area contributed by atoms with Crippen LogP contribution in [0.4, 0.5) is 5.82 Å². The first-order valence-electron chi connectivity index (χ1n) is 7.60. The third kappa shape index (κ3) is 2.14. The summed E-state index contributed by atoms with van der Waals surface area (Å²) in [7, 11) is 0. The number of pyridine rings is 1. The second-order valence-electron chi connectivity index (χ2n) is 5.93. The van der Waals surface area contributed by atoms with Crippen molar-refractivity contribution in [1.82, 2.24) is 20.1 Å². The molecular formula is C17H19N5. The largest absolute Gasteiger partial charge is 0.382 e. The maximum atomic E-state index is 6.08. The van der Waals surface area contributed by atoms with Crippen LogP contribution in [0, 0.1) is 6.92 Å². The molecule has 3 heterocycles. The summed E-state index contributed by atoms with van der Waals surface area (Å²) < 4.78 is 0. The van der Waals surface area contributed by atoms with Crippen LogP contribution in [0.2, 0.25) is 0 Å². The predicted molar refractivity (Wildman–Crippen MR) is 87.3 cm³/mol. The lowest BCUT2D eigenvalue weighted by Crippen LogP contribution is -2.31. The summed E-state index contributed by atoms with van der Waals surface area (Å²) in [5.41, 5.74) is 11.8. The maximum Gasteiger partial charge on any atom is 0.153 e. The zero-order valence-electron chi connectivity index (χ0n) is 12.6. The molecule has 3 aromatic rings. The number of aromatic amines is 1. The molecule has 3 N–H and O–H groups in total. The smallest absolute Gasteiger partial charge is 0.153 e. The van der Waals surface area contributed by atoms with Crippen LogP contribution in [-0.2, 0) is 19.5 Å². The molecule has 5 nitrogen and oxygen atoms in total. The number of hydrogen-bond donors (Lipinski definition) is 2. The van der Waals surface area contributed by atoms with Gasteiger partial charge in [-0.15, -0.1) is 0 Å². The Labute approximate surface area is 129 Å². The molecule has 0 saturated carbocycles. The second kappa shape index (κ2) is 5.10. The van der Waals surface area contributed by atoms with Crippen molar-refractivity contribution in [2.45, 2.75) is 26.4 Å². The van der Waals surface area contributed by atoms with Crippen LogP contribution in [0.3, 0.4) is 0 Å². The van der Waals surface area contributed by atoms with Gasteiger partial charge in [-0.05, 0) is 12.5 Å². The van der Waals surface area contributed by atoms with E-state index in [1.807, 2.05) is 6.92 Å². The summed E-state index contributed by atoms with van der Waals surface area (Å²) in [5, 5.41) is 8.24. The number of hydrogen-bond acceptors (Lipinski definition) is 4. The molecule has 1 aliphatic heterocycles. The number of aryl methyl sites for hydroxylation is 1. The first-order chi connectivity index (χ1) is 10.7. The fourth-order valence-corrected chi connectivity index (χ4v) is 3.31. The Bertz CT molecular complexity index is 822. The molecule has 0 bridgehead atoms. The molecule has 22 heavy (non-hydrogen) atoms. The van der Waals surface area contributed by atoms with Crippen LogP contribution in [0.1, 0.15) is 22.5 Å². The van der Waals surface area contributed by atoms with Crippen molar-refractivity contribution >= 4 is 16.7 Å². The molecule has 2 aromatic heterocycles.